The summed E-state index contributed by atoms with van der Waals surface area (Å²) in [6, 6.07) is 4.86. The lowest BCUT2D eigenvalue weighted by Crippen LogP contribution is -2.42. The van der Waals surface area contributed by atoms with Gasteiger partial charge in [0, 0.05) is 24.0 Å². The van der Waals surface area contributed by atoms with E-state index in [1.54, 1.807) is 5.57 Å². The molecule has 0 saturated carbocycles. The van der Waals surface area contributed by atoms with Crippen LogP contribution in [0.3, 0.4) is 0 Å². The Morgan fingerprint density at radius 3 is 2.53 bits per heavy atom. The number of hydrogen-bond acceptors (Lipinski definition) is 3. The molecular formula is C16H26N2S. The van der Waals surface area contributed by atoms with Crippen LogP contribution in [0.15, 0.2) is 29.2 Å². The highest BCUT2D eigenvalue weighted by molar-refractivity contribution is 7.10. The van der Waals surface area contributed by atoms with Crippen LogP contribution < -0.4 is 5.73 Å². The van der Waals surface area contributed by atoms with Gasteiger partial charge in [0.15, 0.2) is 0 Å². The van der Waals surface area contributed by atoms with E-state index in [-0.39, 0.29) is 6.04 Å². The Morgan fingerprint density at radius 1 is 1.37 bits per heavy atom. The van der Waals surface area contributed by atoms with Crippen LogP contribution in [0.25, 0.3) is 0 Å². The first-order valence-corrected chi connectivity index (χ1v) is 8.00. The number of thiophene rings is 1. The van der Waals surface area contributed by atoms with Crippen LogP contribution in [0.5, 0.6) is 0 Å². The molecule has 1 aromatic heterocycles. The van der Waals surface area contributed by atoms with Crippen molar-refractivity contribution in [3.8, 4) is 0 Å². The average molecular weight is 278 g/mol. The van der Waals surface area contributed by atoms with E-state index >= 15 is 0 Å². The summed E-state index contributed by atoms with van der Waals surface area (Å²) in [5.74, 6) is 0. The van der Waals surface area contributed by atoms with Crippen molar-refractivity contribution in [2.45, 2.75) is 46.2 Å². The quantitative estimate of drug-likeness (QED) is 0.852. The van der Waals surface area contributed by atoms with Gasteiger partial charge in [-0.25, -0.2) is 0 Å². The number of rotatable bonds is 3. The van der Waals surface area contributed by atoms with Gasteiger partial charge in [-0.1, -0.05) is 38.5 Å². The first-order chi connectivity index (χ1) is 8.89. The Balaban J connectivity index is 2.13. The first kappa shape index (κ1) is 14.8. The second-order valence-corrected chi connectivity index (χ2v) is 7.52. The molecule has 2 atom stereocenters. The Hall–Kier alpha value is -0.640. The smallest absolute Gasteiger partial charge is 0.0593 e. The van der Waals surface area contributed by atoms with E-state index in [0.29, 0.717) is 11.5 Å². The Morgan fingerprint density at radius 2 is 2.11 bits per heavy atom. The predicted molar refractivity (Wildman–Crippen MR) is 84.4 cm³/mol. The zero-order chi connectivity index (χ0) is 14.0. The summed E-state index contributed by atoms with van der Waals surface area (Å²) >= 11 is 1.82. The Labute approximate surface area is 121 Å². The molecule has 0 saturated heterocycles. The molecule has 0 bridgehead atoms. The Kier molecular flexibility index (Phi) is 4.49. The van der Waals surface area contributed by atoms with E-state index in [1.165, 1.54) is 4.88 Å². The monoisotopic (exact) mass is 278 g/mol. The molecule has 0 radical (unpaired) electrons. The van der Waals surface area contributed by atoms with Gasteiger partial charge in [0.2, 0.25) is 0 Å². The fraction of sp³-hybridized carbons (Fsp3) is 0.625. The lowest BCUT2D eigenvalue weighted by molar-refractivity contribution is 0.187. The molecule has 1 aliphatic rings. The molecule has 0 amide bonds. The van der Waals surface area contributed by atoms with E-state index in [9.17, 15) is 0 Å². The van der Waals surface area contributed by atoms with Crippen LogP contribution in [0.4, 0.5) is 0 Å². The van der Waals surface area contributed by atoms with Gasteiger partial charge in [-0.3, -0.25) is 4.90 Å². The third-order valence-corrected chi connectivity index (χ3v) is 4.87. The van der Waals surface area contributed by atoms with Crippen LogP contribution >= 0.6 is 11.3 Å². The second-order valence-electron chi connectivity index (χ2n) is 6.54. The SMILES string of the molecule is CC(N)C(c1cccs1)N1CC=C(C(C)(C)C)CC1. The number of nitrogens with two attached hydrogens (primary N) is 1. The van der Waals surface area contributed by atoms with Crippen molar-refractivity contribution < 1.29 is 0 Å². The van der Waals surface area contributed by atoms with Gasteiger partial charge in [0.1, 0.15) is 0 Å². The van der Waals surface area contributed by atoms with Crippen LogP contribution in [0.1, 0.15) is 45.0 Å². The molecule has 0 spiro atoms. The molecular weight excluding hydrogens is 252 g/mol. The molecule has 19 heavy (non-hydrogen) atoms. The molecule has 2 rings (SSSR count). The summed E-state index contributed by atoms with van der Waals surface area (Å²) < 4.78 is 0. The highest BCUT2D eigenvalue weighted by Crippen LogP contribution is 2.34. The molecule has 3 heteroatoms. The summed E-state index contributed by atoms with van der Waals surface area (Å²) in [5, 5.41) is 2.14. The van der Waals surface area contributed by atoms with Gasteiger partial charge in [0.05, 0.1) is 6.04 Å². The van der Waals surface area contributed by atoms with Gasteiger partial charge in [-0.05, 0) is 30.2 Å². The summed E-state index contributed by atoms with van der Waals surface area (Å²) in [6.07, 6.45) is 3.57. The maximum atomic E-state index is 6.22. The van der Waals surface area contributed by atoms with Crippen LogP contribution in [0.2, 0.25) is 0 Å². The molecule has 0 aliphatic carbocycles. The lowest BCUT2D eigenvalue weighted by Gasteiger charge is -2.38. The summed E-state index contributed by atoms with van der Waals surface area (Å²) in [6.45, 7) is 11.2. The fourth-order valence-electron chi connectivity index (χ4n) is 2.85. The molecule has 106 valence electrons. The molecule has 2 heterocycles. The number of nitrogens with zero attached hydrogens (tertiary/aromatic N) is 1. The van der Waals surface area contributed by atoms with Crippen molar-refractivity contribution in [3.63, 3.8) is 0 Å². The topological polar surface area (TPSA) is 29.3 Å². The lowest BCUT2D eigenvalue weighted by atomic mass is 9.82. The van der Waals surface area contributed by atoms with Crippen molar-refractivity contribution in [3.05, 3.63) is 34.0 Å². The molecule has 1 aromatic rings. The van der Waals surface area contributed by atoms with E-state index in [4.69, 9.17) is 5.73 Å². The maximum absolute atomic E-state index is 6.22. The van der Waals surface area contributed by atoms with Gasteiger partial charge < -0.3 is 5.73 Å². The molecule has 0 aromatic carbocycles. The highest BCUT2D eigenvalue weighted by atomic mass is 32.1. The van der Waals surface area contributed by atoms with E-state index in [0.717, 1.165) is 19.5 Å². The normalized spacial score (nSPS) is 21.0. The van der Waals surface area contributed by atoms with Gasteiger partial charge >= 0.3 is 0 Å². The second kappa shape index (κ2) is 5.78. The van der Waals surface area contributed by atoms with E-state index in [2.05, 4.69) is 56.2 Å². The minimum Gasteiger partial charge on any atom is -0.326 e. The minimum atomic E-state index is 0.170. The van der Waals surface area contributed by atoms with Crippen LogP contribution in [-0.4, -0.2) is 24.0 Å². The zero-order valence-corrected chi connectivity index (χ0v) is 13.3. The largest absolute Gasteiger partial charge is 0.326 e. The van der Waals surface area contributed by atoms with Crippen molar-refractivity contribution in [1.29, 1.82) is 0 Å². The summed E-state index contributed by atoms with van der Waals surface area (Å²) in [7, 11) is 0. The van der Waals surface area contributed by atoms with Crippen LogP contribution in [-0.2, 0) is 0 Å². The standard InChI is InChI=1S/C16H26N2S/c1-12(17)15(14-6-5-11-19-14)18-9-7-13(8-10-18)16(2,3)4/h5-7,11-12,15H,8-10,17H2,1-4H3. The third-order valence-electron chi connectivity index (χ3n) is 3.93. The molecule has 1 aliphatic heterocycles. The highest BCUT2D eigenvalue weighted by Gasteiger charge is 2.28. The average Bonchev–Trinajstić information content (AvgIpc) is 2.82. The molecule has 2 unspecified atom stereocenters. The molecule has 2 nitrogen and oxygen atoms in total. The Bertz CT molecular complexity index is 426. The van der Waals surface area contributed by atoms with Crippen LogP contribution in [0, 0.1) is 5.41 Å². The third kappa shape index (κ3) is 3.47. The molecule has 0 fully saturated rings. The van der Waals surface area contributed by atoms with Gasteiger partial charge in [-0.15, -0.1) is 11.3 Å². The van der Waals surface area contributed by atoms with Gasteiger partial charge in [0.25, 0.3) is 0 Å². The van der Waals surface area contributed by atoms with Gasteiger partial charge in [-0.2, -0.15) is 0 Å². The summed E-state index contributed by atoms with van der Waals surface area (Å²) in [4.78, 5) is 3.91. The van der Waals surface area contributed by atoms with E-state index in [1.807, 2.05) is 11.3 Å². The summed E-state index contributed by atoms with van der Waals surface area (Å²) in [5.41, 5.74) is 8.11. The van der Waals surface area contributed by atoms with Crippen molar-refractivity contribution >= 4 is 11.3 Å². The van der Waals surface area contributed by atoms with Crippen molar-refractivity contribution in [2.24, 2.45) is 11.1 Å². The van der Waals surface area contributed by atoms with Crippen molar-refractivity contribution in [1.82, 2.24) is 4.90 Å². The maximum Gasteiger partial charge on any atom is 0.0593 e. The zero-order valence-electron chi connectivity index (χ0n) is 12.5. The van der Waals surface area contributed by atoms with Crippen molar-refractivity contribution in [2.75, 3.05) is 13.1 Å². The molecule has 2 N–H and O–H groups in total. The van der Waals surface area contributed by atoms with E-state index < -0.39 is 0 Å². The fourth-order valence-corrected chi connectivity index (χ4v) is 3.82. The number of hydrogen-bond donors (Lipinski definition) is 1. The minimum absolute atomic E-state index is 0.170. The first-order valence-electron chi connectivity index (χ1n) is 7.12. The predicted octanol–water partition coefficient (Wildman–Crippen LogP) is 3.81.